The molecular weight excluding hydrogens is 288 g/mol. The molecule has 0 aliphatic carbocycles. The van der Waals surface area contributed by atoms with Gasteiger partial charge in [0.1, 0.15) is 0 Å². The molecule has 0 unspecified atom stereocenters. The van der Waals surface area contributed by atoms with E-state index in [4.69, 9.17) is 0 Å². The van der Waals surface area contributed by atoms with Crippen LogP contribution in [0.3, 0.4) is 0 Å². The zero-order valence-electron chi connectivity index (χ0n) is 10.4. The van der Waals surface area contributed by atoms with Gasteiger partial charge in [0.2, 0.25) is 0 Å². The van der Waals surface area contributed by atoms with Crippen LogP contribution >= 0.6 is 0 Å². The van der Waals surface area contributed by atoms with Crippen molar-refractivity contribution in [2.45, 2.75) is 26.7 Å². The second-order valence-corrected chi connectivity index (χ2v) is 3.48. The summed E-state index contributed by atoms with van der Waals surface area (Å²) in [5, 5.41) is 0. The molecule has 0 radical (unpaired) electrons. The molecule has 1 heteroatoms. The van der Waals surface area contributed by atoms with Gasteiger partial charge in [-0.1, -0.05) is 26.7 Å². The van der Waals surface area contributed by atoms with E-state index in [1.54, 1.807) is 0 Å². The van der Waals surface area contributed by atoms with Gasteiger partial charge in [0.25, 0.3) is 0 Å². The Hall–Kier alpha value is -0.872. The summed E-state index contributed by atoms with van der Waals surface area (Å²) in [6.45, 7) is 4.26. The molecule has 0 spiro atoms. The minimum absolute atomic E-state index is 0. The quantitative estimate of drug-likeness (QED) is 0.579. The zero-order valence-corrected chi connectivity index (χ0v) is 12.4. The summed E-state index contributed by atoms with van der Waals surface area (Å²) in [5.74, 6) is 0. The molecule has 2 rings (SSSR count). The standard InChI is InChI=1S/2C8H9.Mo/c2*1-2-8-6-4-3-5-7-8;/h2*3-6H,2H2,1H3;/q2*-1;+2. The summed E-state index contributed by atoms with van der Waals surface area (Å²) in [6, 6.07) is 22.3. The monoisotopic (exact) mass is 308 g/mol. The van der Waals surface area contributed by atoms with Gasteiger partial charge in [-0.05, 0) is 0 Å². The van der Waals surface area contributed by atoms with Crippen LogP contribution in [-0.2, 0) is 33.9 Å². The van der Waals surface area contributed by atoms with E-state index in [0.717, 1.165) is 12.8 Å². The Labute approximate surface area is 119 Å². The minimum Gasteiger partial charge on any atom is -0.180 e. The fourth-order valence-electron chi connectivity index (χ4n) is 1.30. The molecule has 0 aliphatic heterocycles. The molecule has 0 N–H and O–H groups in total. The van der Waals surface area contributed by atoms with Gasteiger partial charge in [-0.3, -0.25) is 0 Å². The molecule has 2 aromatic carbocycles. The van der Waals surface area contributed by atoms with Crippen LogP contribution in [0.25, 0.3) is 0 Å². The number of hydrogen-bond donors (Lipinski definition) is 0. The molecule has 0 atom stereocenters. The van der Waals surface area contributed by atoms with Gasteiger partial charge < -0.3 is 0 Å². The first kappa shape index (κ1) is 16.1. The summed E-state index contributed by atoms with van der Waals surface area (Å²) in [6.07, 6.45) is 2.17. The van der Waals surface area contributed by atoms with E-state index in [-0.39, 0.29) is 21.1 Å². The molecule has 0 fully saturated rings. The Morgan fingerprint density at radius 1 is 0.765 bits per heavy atom. The van der Waals surface area contributed by atoms with Gasteiger partial charge in [-0.25, -0.2) is 0 Å². The summed E-state index contributed by atoms with van der Waals surface area (Å²) >= 11 is 0. The van der Waals surface area contributed by atoms with Crippen LogP contribution in [0.2, 0.25) is 0 Å². The Kier molecular flexibility index (Phi) is 9.77. The normalized spacial score (nSPS) is 8.59. The van der Waals surface area contributed by atoms with E-state index >= 15 is 0 Å². The van der Waals surface area contributed by atoms with E-state index < -0.39 is 0 Å². The fourth-order valence-corrected chi connectivity index (χ4v) is 1.30. The van der Waals surface area contributed by atoms with Gasteiger partial charge in [0, 0.05) is 0 Å². The second kappa shape index (κ2) is 10.3. The van der Waals surface area contributed by atoms with Crippen LogP contribution in [0.15, 0.2) is 48.5 Å². The van der Waals surface area contributed by atoms with Crippen molar-refractivity contribution in [1.82, 2.24) is 0 Å². The first-order valence-corrected chi connectivity index (χ1v) is 5.78. The number of hydrogen-bond acceptors (Lipinski definition) is 0. The Balaban J connectivity index is 0.000000284. The van der Waals surface area contributed by atoms with Crippen molar-refractivity contribution in [1.29, 1.82) is 0 Å². The fraction of sp³-hybridized carbons (Fsp3) is 0.250. The predicted octanol–water partition coefficient (Wildman–Crippen LogP) is 4.10. The molecule has 0 saturated carbocycles. The van der Waals surface area contributed by atoms with Crippen LogP contribution in [-0.4, -0.2) is 0 Å². The SMILES string of the molecule is CCc1[c-]cccc1.CCc1[c-]cccc1.[Mo+2]. The smallest absolute Gasteiger partial charge is 0.180 e. The van der Waals surface area contributed by atoms with Gasteiger partial charge >= 0.3 is 21.1 Å². The topological polar surface area (TPSA) is 0 Å². The maximum atomic E-state index is 3.12. The van der Waals surface area contributed by atoms with E-state index in [1.165, 1.54) is 11.1 Å². The molecule has 0 aromatic heterocycles. The molecule has 0 aliphatic rings. The van der Waals surface area contributed by atoms with Crippen molar-refractivity contribution in [2.75, 3.05) is 0 Å². The van der Waals surface area contributed by atoms with Crippen molar-refractivity contribution in [3.63, 3.8) is 0 Å². The predicted molar refractivity (Wildman–Crippen MR) is 69.3 cm³/mol. The average molecular weight is 306 g/mol. The first-order valence-electron chi connectivity index (χ1n) is 5.78. The third-order valence-electron chi connectivity index (χ3n) is 2.31. The van der Waals surface area contributed by atoms with Crippen LogP contribution in [0, 0.1) is 12.1 Å². The third-order valence-corrected chi connectivity index (χ3v) is 2.31. The molecule has 88 valence electrons. The molecule has 0 heterocycles. The van der Waals surface area contributed by atoms with Gasteiger partial charge in [-0.2, -0.15) is 71.8 Å². The molecule has 0 saturated heterocycles. The number of benzene rings is 2. The van der Waals surface area contributed by atoms with Crippen LogP contribution in [0.1, 0.15) is 25.0 Å². The molecule has 0 nitrogen and oxygen atoms in total. The van der Waals surface area contributed by atoms with Crippen molar-refractivity contribution in [2.24, 2.45) is 0 Å². The molecule has 0 amide bonds. The van der Waals surface area contributed by atoms with Crippen LogP contribution in [0.5, 0.6) is 0 Å². The van der Waals surface area contributed by atoms with Gasteiger partial charge in [0.15, 0.2) is 0 Å². The summed E-state index contributed by atoms with van der Waals surface area (Å²) < 4.78 is 0. The van der Waals surface area contributed by atoms with Gasteiger partial charge in [0.05, 0.1) is 0 Å². The number of rotatable bonds is 2. The second-order valence-electron chi connectivity index (χ2n) is 3.48. The molecule has 0 bridgehead atoms. The summed E-state index contributed by atoms with van der Waals surface area (Å²) in [5.41, 5.74) is 2.57. The average Bonchev–Trinajstić information content (AvgIpc) is 2.41. The van der Waals surface area contributed by atoms with Crippen molar-refractivity contribution >= 4 is 0 Å². The Morgan fingerprint density at radius 2 is 1.18 bits per heavy atom. The molecule has 17 heavy (non-hydrogen) atoms. The third kappa shape index (κ3) is 7.13. The van der Waals surface area contributed by atoms with Crippen LogP contribution in [0.4, 0.5) is 0 Å². The Morgan fingerprint density at radius 3 is 1.35 bits per heavy atom. The van der Waals surface area contributed by atoms with Crippen molar-refractivity contribution in [3.8, 4) is 0 Å². The largest absolute Gasteiger partial charge is 2.00 e. The summed E-state index contributed by atoms with van der Waals surface area (Å²) in [4.78, 5) is 0. The first-order chi connectivity index (χ1) is 7.86. The minimum atomic E-state index is 0. The maximum absolute atomic E-state index is 3.12. The van der Waals surface area contributed by atoms with E-state index in [0.29, 0.717) is 0 Å². The van der Waals surface area contributed by atoms with E-state index in [1.807, 2.05) is 36.4 Å². The molecule has 2 aromatic rings. The zero-order chi connectivity index (χ0) is 11.6. The van der Waals surface area contributed by atoms with E-state index in [2.05, 4.69) is 38.1 Å². The maximum Gasteiger partial charge on any atom is 2.00 e. The van der Waals surface area contributed by atoms with Crippen molar-refractivity contribution < 1.29 is 21.1 Å². The summed E-state index contributed by atoms with van der Waals surface area (Å²) in [7, 11) is 0. The van der Waals surface area contributed by atoms with Gasteiger partial charge in [-0.15, -0.1) is 0 Å². The Bertz CT molecular complexity index is 328. The van der Waals surface area contributed by atoms with Crippen molar-refractivity contribution in [3.05, 3.63) is 71.8 Å². The van der Waals surface area contributed by atoms with Crippen LogP contribution < -0.4 is 0 Å². The molecular formula is C16H18Mo. The number of aryl methyl sites for hydroxylation is 2. The van der Waals surface area contributed by atoms with E-state index in [9.17, 15) is 0 Å².